The molecule has 1 nitrogen and oxygen atoms in total. The van der Waals surface area contributed by atoms with E-state index in [1.54, 1.807) is 0 Å². The summed E-state index contributed by atoms with van der Waals surface area (Å²) in [7, 11) is 0. The Bertz CT molecular complexity index is 307. The zero-order chi connectivity index (χ0) is 10.1. The molecule has 0 aliphatic heterocycles. The summed E-state index contributed by atoms with van der Waals surface area (Å²) in [6.07, 6.45) is 2.16. The van der Waals surface area contributed by atoms with Crippen molar-refractivity contribution in [3.8, 4) is 0 Å². The summed E-state index contributed by atoms with van der Waals surface area (Å²) in [6, 6.07) is 7.18. The van der Waals surface area contributed by atoms with Crippen molar-refractivity contribution in [2.45, 2.75) is 31.7 Å². The molecule has 0 amide bonds. The molecule has 0 heterocycles. The van der Waals surface area contributed by atoms with Gasteiger partial charge in [0.15, 0.2) is 0 Å². The van der Waals surface area contributed by atoms with Crippen LogP contribution in [0.5, 0.6) is 0 Å². The highest BCUT2D eigenvalue weighted by molar-refractivity contribution is 5.25. The summed E-state index contributed by atoms with van der Waals surface area (Å²) in [5, 5.41) is 0. The summed E-state index contributed by atoms with van der Waals surface area (Å²) in [6.45, 7) is 2.17. The van der Waals surface area contributed by atoms with Gasteiger partial charge in [0.2, 0.25) is 0 Å². The molecule has 0 aromatic heterocycles. The van der Waals surface area contributed by atoms with Crippen molar-refractivity contribution in [3.63, 3.8) is 0 Å². The Morgan fingerprint density at radius 1 is 1.36 bits per heavy atom. The van der Waals surface area contributed by atoms with Gasteiger partial charge in [-0.15, -0.1) is 0 Å². The van der Waals surface area contributed by atoms with Crippen LogP contribution in [-0.2, 0) is 0 Å². The molecule has 2 heteroatoms. The van der Waals surface area contributed by atoms with Crippen molar-refractivity contribution in [3.05, 3.63) is 35.6 Å². The number of nitrogens with two attached hydrogens (primary N) is 1. The predicted molar refractivity (Wildman–Crippen MR) is 55.5 cm³/mol. The lowest BCUT2D eigenvalue weighted by atomic mass is 9.65. The minimum absolute atomic E-state index is 0.162. The van der Waals surface area contributed by atoms with Crippen molar-refractivity contribution in [2.24, 2.45) is 11.7 Å². The molecular formula is C12H16FN. The van der Waals surface area contributed by atoms with Crippen LogP contribution in [0.2, 0.25) is 0 Å². The lowest BCUT2D eigenvalue weighted by molar-refractivity contribution is 0.198. The fourth-order valence-corrected chi connectivity index (χ4v) is 2.43. The van der Waals surface area contributed by atoms with Gasteiger partial charge < -0.3 is 5.73 Å². The number of hydrogen-bond acceptors (Lipinski definition) is 1. The lowest BCUT2D eigenvalue weighted by Gasteiger charge is -2.42. The maximum Gasteiger partial charge on any atom is 0.123 e. The monoisotopic (exact) mass is 193 g/mol. The average Bonchev–Trinajstić information content (AvgIpc) is 2.16. The standard InChI is InChI=1S/C12H16FN/c1-2-10-11(7-12(10)14)8-3-5-9(13)6-4-8/h3-6,10-12H,2,7,14H2,1H3. The van der Waals surface area contributed by atoms with E-state index in [2.05, 4.69) is 6.92 Å². The van der Waals surface area contributed by atoms with Gasteiger partial charge in [0.05, 0.1) is 0 Å². The molecule has 2 rings (SSSR count). The van der Waals surface area contributed by atoms with Crippen molar-refractivity contribution in [1.82, 2.24) is 0 Å². The molecule has 1 fully saturated rings. The van der Waals surface area contributed by atoms with E-state index in [-0.39, 0.29) is 5.82 Å². The van der Waals surface area contributed by atoms with E-state index in [0.29, 0.717) is 17.9 Å². The molecule has 3 unspecified atom stereocenters. The first-order valence-corrected chi connectivity index (χ1v) is 5.23. The fraction of sp³-hybridized carbons (Fsp3) is 0.500. The average molecular weight is 193 g/mol. The van der Waals surface area contributed by atoms with Crippen LogP contribution in [0.3, 0.4) is 0 Å². The molecule has 0 radical (unpaired) electrons. The highest BCUT2D eigenvalue weighted by atomic mass is 19.1. The minimum atomic E-state index is -0.162. The van der Waals surface area contributed by atoms with Crippen LogP contribution in [0, 0.1) is 11.7 Å². The molecule has 3 atom stereocenters. The third kappa shape index (κ3) is 1.55. The van der Waals surface area contributed by atoms with Gasteiger partial charge in [0.25, 0.3) is 0 Å². The normalized spacial score (nSPS) is 31.2. The molecule has 1 aliphatic carbocycles. The second-order valence-corrected chi connectivity index (χ2v) is 4.13. The Balaban J connectivity index is 2.13. The molecular weight excluding hydrogens is 177 g/mol. The maximum atomic E-state index is 12.7. The zero-order valence-corrected chi connectivity index (χ0v) is 8.41. The number of benzene rings is 1. The molecule has 0 bridgehead atoms. The molecule has 0 spiro atoms. The molecule has 76 valence electrons. The molecule has 14 heavy (non-hydrogen) atoms. The van der Waals surface area contributed by atoms with E-state index in [0.717, 1.165) is 12.8 Å². The Morgan fingerprint density at radius 2 is 2.00 bits per heavy atom. The summed E-state index contributed by atoms with van der Waals surface area (Å²) < 4.78 is 12.7. The predicted octanol–water partition coefficient (Wildman–Crippen LogP) is 2.67. The van der Waals surface area contributed by atoms with Crippen LogP contribution in [0.25, 0.3) is 0 Å². The number of halogens is 1. The lowest BCUT2D eigenvalue weighted by Crippen LogP contribution is -2.45. The Kier molecular flexibility index (Phi) is 2.55. The van der Waals surface area contributed by atoms with E-state index in [1.807, 2.05) is 12.1 Å². The van der Waals surface area contributed by atoms with Crippen molar-refractivity contribution in [2.75, 3.05) is 0 Å². The third-order valence-corrected chi connectivity index (χ3v) is 3.36. The Morgan fingerprint density at radius 3 is 2.50 bits per heavy atom. The van der Waals surface area contributed by atoms with Gasteiger partial charge >= 0.3 is 0 Å². The Labute approximate surface area is 84.1 Å². The topological polar surface area (TPSA) is 26.0 Å². The molecule has 1 aliphatic rings. The minimum Gasteiger partial charge on any atom is -0.327 e. The van der Waals surface area contributed by atoms with Gasteiger partial charge in [-0.05, 0) is 36.0 Å². The van der Waals surface area contributed by atoms with Gasteiger partial charge in [-0.2, -0.15) is 0 Å². The van der Waals surface area contributed by atoms with Crippen LogP contribution in [0.15, 0.2) is 24.3 Å². The second kappa shape index (κ2) is 3.70. The number of hydrogen-bond donors (Lipinski definition) is 1. The first-order chi connectivity index (χ1) is 6.72. The maximum absolute atomic E-state index is 12.7. The first-order valence-electron chi connectivity index (χ1n) is 5.23. The van der Waals surface area contributed by atoms with Crippen LogP contribution in [0.1, 0.15) is 31.2 Å². The van der Waals surface area contributed by atoms with Gasteiger partial charge in [-0.3, -0.25) is 0 Å². The van der Waals surface area contributed by atoms with Crippen LogP contribution in [0.4, 0.5) is 4.39 Å². The summed E-state index contributed by atoms with van der Waals surface area (Å²) in [5.74, 6) is 0.974. The SMILES string of the molecule is CCC1C(N)CC1c1ccc(F)cc1. The quantitative estimate of drug-likeness (QED) is 0.767. The smallest absolute Gasteiger partial charge is 0.123 e. The fourth-order valence-electron chi connectivity index (χ4n) is 2.43. The first kappa shape index (κ1) is 9.66. The molecule has 1 aromatic rings. The highest BCUT2D eigenvalue weighted by Crippen LogP contribution is 2.43. The van der Waals surface area contributed by atoms with E-state index in [9.17, 15) is 4.39 Å². The van der Waals surface area contributed by atoms with Crippen LogP contribution in [-0.4, -0.2) is 6.04 Å². The van der Waals surface area contributed by atoms with E-state index < -0.39 is 0 Å². The number of rotatable bonds is 2. The van der Waals surface area contributed by atoms with Gasteiger partial charge in [-0.1, -0.05) is 25.5 Å². The Hall–Kier alpha value is -0.890. The largest absolute Gasteiger partial charge is 0.327 e. The van der Waals surface area contributed by atoms with Crippen molar-refractivity contribution in [1.29, 1.82) is 0 Å². The van der Waals surface area contributed by atoms with Gasteiger partial charge in [-0.25, -0.2) is 4.39 Å². The van der Waals surface area contributed by atoms with Crippen LogP contribution >= 0.6 is 0 Å². The molecule has 2 N–H and O–H groups in total. The van der Waals surface area contributed by atoms with E-state index in [4.69, 9.17) is 5.73 Å². The van der Waals surface area contributed by atoms with E-state index in [1.165, 1.54) is 17.7 Å². The van der Waals surface area contributed by atoms with E-state index >= 15 is 0 Å². The second-order valence-electron chi connectivity index (χ2n) is 4.13. The van der Waals surface area contributed by atoms with Crippen molar-refractivity contribution < 1.29 is 4.39 Å². The van der Waals surface area contributed by atoms with Gasteiger partial charge in [0, 0.05) is 6.04 Å². The zero-order valence-electron chi connectivity index (χ0n) is 8.41. The summed E-state index contributed by atoms with van der Waals surface area (Å²) in [5.41, 5.74) is 7.15. The molecule has 1 aromatic carbocycles. The highest BCUT2D eigenvalue weighted by Gasteiger charge is 2.37. The van der Waals surface area contributed by atoms with Crippen LogP contribution < -0.4 is 5.73 Å². The molecule has 1 saturated carbocycles. The third-order valence-electron chi connectivity index (χ3n) is 3.36. The molecule has 0 saturated heterocycles. The summed E-state index contributed by atoms with van der Waals surface area (Å²) >= 11 is 0. The van der Waals surface area contributed by atoms with Gasteiger partial charge in [0.1, 0.15) is 5.82 Å². The van der Waals surface area contributed by atoms with Crippen molar-refractivity contribution >= 4 is 0 Å². The summed E-state index contributed by atoms with van der Waals surface area (Å²) in [4.78, 5) is 0.